The van der Waals surface area contributed by atoms with Gasteiger partial charge < -0.3 is 5.32 Å². The summed E-state index contributed by atoms with van der Waals surface area (Å²) in [5, 5.41) is 5.19. The van der Waals surface area contributed by atoms with Crippen LogP contribution in [-0.4, -0.2) is 35.5 Å². The van der Waals surface area contributed by atoms with Gasteiger partial charge in [0, 0.05) is 10.6 Å². The Morgan fingerprint density at radius 1 is 1.03 bits per heavy atom. The number of alkyl halides is 7. The monoisotopic (exact) mass is 483 g/mol. The van der Waals surface area contributed by atoms with Crippen LogP contribution in [-0.2, 0) is 11.2 Å². The summed E-state index contributed by atoms with van der Waals surface area (Å²) in [5.74, 6) is -15.9. The SMILES string of the molecule is CCc1ccc(C(=O)N/N=C(\C)c2cccc(NC(=O)C(F)(F)C(F)(F)C(F)(F)F)c2)s1. The van der Waals surface area contributed by atoms with Crippen molar-refractivity contribution < 1.29 is 40.3 Å². The van der Waals surface area contributed by atoms with Crippen molar-refractivity contribution in [2.45, 2.75) is 38.3 Å². The van der Waals surface area contributed by atoms with Crippen LogP contribution >= 0.6 is 11.3 Å². The third-order valence-electron chi connectivity index (χ3n) is 4.13. The highest BCUT2D eigenvalue weighted by Gasteiger charge is 2.76. The van der Waals surface area contributed by atoms with Gasteiger partial charge in [0.25, 0.3) is 5.91 Å². The minimum atomic E-state index is -6.63. The molecule has 2 amide bonds. The number of halogens is 7. The van der Waals surface area contributed by atoms with Gasteiger partial charge in [0.2, 0.25) is 0 Å². The molecule has 0 aliphatic heterocycles. The Hall–Kier alpha value is -2.96. The maximum atomic E-state index is 13.5. The van der Waals surface area contributed by atoms with E-state index in [0.717, 1.165) is 23.4 Å². The number of anilines is 1. The maximum absolute atomic E-state index is 13.5. The van der Waals surface area contributed by atoms with E-state index in [1.54, 1.807) is 12.1 Å². The number of hydrogen-bond donors (Lipinski definition) is 2. The third kappa shape index (κ3) is 5.26. The summed E-state index contributed by atoms with van der Waals surface area (Å²) in [5.41, 5.74) is 2.13. The Kier molecular flexibility index (Phi) is 7.33. The lowest BCUT2D eigenvalue weighted by molar-refractivity contribution is -0.343. The second-order valence-electron chi connectivity index (χ2n) is 6.44. The highest BCUT2D eigenvalue weighted by molar-refractivity contribution is 7.14. The summed E-state index contributed by atoms with van der Waals surface area (Å²) in [4.78, 5) is 25.0. The first-order valence-corrected chi connectivity index (χ1v) is 9.70. The van der Waals surface area contributed by atoms with Gasteiger partial charge in [-0.2, -0.15) is 35.8 Å². The molecule has 0 spiro atoms. The van der Waals surface area contributed by atoms with Crippen LogP contribution in [0.5, 0.6) is 0 Å². The predicted octanol–water partition coefficient (Wildman–Crippen LogP) is 5.24. The second kappa shape index (κ2) is 9.27. The molecule has 0 aliphatic rings. The molecule has 5 nitrogen and oxygen atoms in total. The maximum Gasteiger partial charge on any atom is 0.460 e. The summed E-state index contributed by atoms with van der Waals surface area (Å²) in [7, 11) is 0. The van der Waals surface area contributed by atoms with E-state index in [1.165, 1.54) is 35.7 Å². The van der Waals surface area contributed by atoms with Crippen molar-refractivity contribution in [3.05, 3.63) is 51.7 Å². The summed E-state index contributed by atoms with van der Waals surface area (Å²) in [6, 6.07) is 8.03. The van der Waals surface area contributed by atoms with E-state index in [1.807, 2.05) is 6.92 Å². The lowest BCUT2D eigenvalue weighted by Crippen LogP contribution is -2.57. The number of nitrogens with zero attached hydrogens (tertiary/aromatic N) is 1. The van der Waals surface area contributed by atoms with Gasteiger partial charge in [-0.1, -0.05) is 19.1 Å². The van der Waals surface area contributed by atoms with Gasteiger partial charge in [-0.3, -0.25) is 9.59 Å². The zero-order valence-electron chi connectivity index (χ0n) is 16.5. The molecule has 2 N–H and O–H groups in total. The number of rotatable bonds is 7. The number of amides is 2. The van der Waals surface area contributed by atoms with Gasteiger partial charge in [0.1, 0.15) is 0 Å². The van der Waals surface area contributed by atoms with Gasteiger partial charge >= 0.3 is 23.9 Å². The predicted molar refractivity (Wildman–Crippen MR) is 104 cm³/mol. The average molecular weight is 483 g/mol. The van der Waals surface area contributed by atoms with E-state index in [0.29, 0.717) is 4.88 Å². The van der Waals surface area contributed by atoms with Crippen molar-refractivity contribution in [1.82, 2.24) is 5.43 Å². The van der Waals surface area contributed by atoms with E-state index in [9.17, 15) is 40.3 Å². The lowest BCUT2D eigenvalue weighted by Gasteiger charge is -2.27. The molecule has 32 heavy (non-hydrogen) atoms. The van der Waals surface area contributed by atoms with Gasteiger partial charge in [-0.05, 0) is 43.2 Å². The van der Waals surface area contributed by atoms with Crippen LogP contribution < -0.4 is 10.7 Å². The van der Waals surface area contributed by atoms with Crippen molar-refractivity contribution in [2.24, 2.45) is 5.10 Å². The fourth-order valence-corrected chi connectivity index (χ4v) is 3.13. The number of benzene rings is 1. The molecule has 0 bridgehead atoms. The molecule has 1 aromatic carbocycles. The number of nitrogens with one attached hydrogen (secondary N) is 2. The molecule has 0 saturated carbocycles. The molecule has 13 heteroatoms. The fourth-order valence-electron chi connectivity index (χ4n) is 2.30. The molecule has 2 aromatic rings. The molecule has 1 heterocycles. The second-order valence-corrected chi connectivity index (χ2v) is 7.61. The molecule has 0 saturated heterocycles. The molecular formula is C19H16F7N3O2S. The highest BCUT2D eigenvalue weighted by Crippen LogP contribution is 2.46. The van der Waals surface area contributed by atoms with Gasteiger partial charge in [-0.25, -0.2) is 5.43 Å². The van der Waals surface area contributed by atoms with Crippen LogP contribution in [0, 0.1) is 0 Å². The molecular weight excluding hydrogens is 467 g/mol. The molecule has 0 fully saturated rings. The van der Waals surface area contributed by atoms with E-state index >= 15 is 0 Å². The van der Waals surface area contributed by atoms with Gasteiger partial charge in [0.05, 0.1) is 10.6 Å². The Balaban J connectivity index is 2.14. The van der Waals surface area contributed by atoms with Gasteiger partial charge in [0.15, 0.2) is 0 Å². The first-order valence-electron chi connectivity index (χ1n) is 8.88. The van der Waals surface area contributed by atoms with Crippen LogP contribution in [0.15, 0.2) is 41.5 Å². The molecule has 174 valence electrons. The van der Waals surface area contributed by atoms with Crippen LogP contribution in [0.25, 0.3) is 0 Å². The number of carbonyl (C=O) groups excluding carboxylic acids is 2. The van der Waals surface area contributed by atoms with Crippen molar-refractivity contribution in [2.75, 3.05) is 5.32 Å². The topological polar surface area (TPSA) is 70.6 Å². The van der Waals surface area contributed by atoms with Gasteiger partial charge in [-0.15, -0.1) is 11.3 Å². The first kappa shape index (κ1) is 25.3. The summed E-state index contributed by atoms with van der Waals surface area (Å²) < 4.78 is 89.7. The van der Waals surface area contributed by atoms with Crippen LogP contribution in [0.2, 0.25) is 0 Å². The summed E-state index contributed by atoms with van der Waals surface area (Å²) in [6.07, 6.45) is -5.88. The number of carbonyl (C=O) groups is 2. The Morgan fingerprint density at radius 2 is 1.69 bits per heavy atom. The standard InChI is InChI=1S/C19H16F7N3O2S/c1-3-13-7-8-14(32-13)15(30)29-28-10(2)11-5-4-6-12(9-11)27-16(31)17(20,21)18(22,23)19(24,25)26/h4-9H,3H2,1-2H3,(H,27,31)(H,29,30)/b28-10+. The van der Waals surface area contributed by atoms with Crippen LogP contribution in [0.1, 0.15) is 34.0 Å². The Bertz CT molecular complexity index is 1030. The highest BCUT2D eigenvalue weighted by atomic mass is 32.1. The van der Waals surface area contributed by atoms with Crippen molar-refractivity contribution in [3.63, 3.8) is 0 Å². The molecule has 2 rings (SSSR count). The first-order chi connectivity index (χ1) is 14.7. The number of aryl methyl sites for hydroxylation is 1. The number of hydrazone groups is 1. The Morgan fingerprint density at radius 3 is 2.25 bits per heavy atom. The molecule has 0 aliphatic carbocycles. The quantitative estimate of drug-likeness (QED) is 0.322. The molecule has 1 aromatic heterocycles. The zero-order chi connectivity index (χ0) is 24.3. The van der Waals surface area contributed by atoms with Crippen LogP contribution in [0.3, 0.4) is 0 Å². The fraction of sp³-hybridized carbons (Fsp3) is 0.316. The Labute approximate surface area is 181 Å². The largest absolute Gasteiger partial charge is 0.460 e. The van der Waals surface area contributed by atoms with Crippen molar-refractivity contribution >= 4 is 34.6 Å². The number of hydrogen-bond acceptors (Lipinski definition) is 4. The van der Waals surface area contributed by atoms with Crippen molar-refractivity contribution in [3.8, 4) is 0 Å². The average Bonchev–Trinajstić information content (AvgIpc) is 3.20. The summed E-state index contributed by atoms with van der Waals surface area (Å²) in [6.45, 7) is 3.33. The van der Waals surface area contributed by atoms with E-state index in [4.69, 9.17) is 0 Å². The van der Waals surface area contributed by atoms with Crippen LogP contribution in [0.4, 0.5) is 36.4 Å². The molecule has 0 radical (unpaired) electrons. The van der Waals surface area contributed by atoms with E-state index in [2.05, 4.69) is 10.5 Å². The summed E-state index contributed by atoms with van der Waals surface area (Å²) >= 11 is 1.26. The minimum absolute atomic E-state index is 0.147. The van der Waals surface area contributed by atoms with E-state index in [-0.39, 0.29) is 11.3 Å². The van der Waals surface area contributed by atoms with Crippen molar-refractivity contribution in [1.29, 1.82) is 0 Å². The third-order valence-corrected chi connectivity index (χ3v) is 5.36. The molecule has 0 atom stereocenters. The smallest absolute Gasteiger partial charge is 0.321 e. The zero-order valence-corrected chi connectivity index (χ0v) is 17.3. The number of thiophene rings is 1. The lowest BCUT2D eigenvalue weighted by atomic mass is 10.1. The van der Waals surface area contributed by atoms with E-state index < -0.39 is 35.5 Å². The minimum Gasteiger partial charge on any atom is -0.321 e. The normalized spacial score (nSPS) is 13.1. The molecule has 0 unspecified atom stereocenters.